The van der Waals surface area contributed by atoms with Crippen LogP contribution >= 0.6 is 0 Å². The van der Waals surface area contributed by atoms with Crippen molar-refractivity contribution >= 4 is 5.97 Å². The summed E-state index contributed by atoms with van der Waals surface area (Å²) >= 11 is 0. The van der Waals surface area contributed by atoms with Crippen LogP contribution in [0.5, 0.6) is 0 Å². The van der Waals surface area contributed by atoms with Crippen LogP contribution in [-0.2, 0) is 23.0 Å². The lowest BCUT2D eigenvalue weighted by molar-refractivity contribution is -0.141. The molecule has 0 aromatic carbocycles. The Morgan fingerprint density at radius 3 is 3.40 bits per heavy atom. The van der Waals surface area contributed by atoms with Gasteiger partial charge < -0.3 is 9.30 Å². The molecule has 0 N–H and O–H groups in total. The summed E-state index contributed by atoms with van der Waals surface area (Å²) in [6.07, 6.45) is 2.97. The van der Waals surface area contributed by atoms with Crippen molar-refractivity contribution in [2.45, 2.75) is 19.7 Å². The van der Waals surface area contributed by atoms with Gasteiger partial charge >= 0.3 is 5.97 Å². The second-order valence-electron chi connectivity index (χ2n) is 3.66. The van der Waals surface area contributed by atoms with Crippen molar-refractivity contribution in [2.24, 2.45) is 18.9 Å². The lowest BCUT2D eigenvalue weighted by atomic mass is 9.89. The first-order chi connectivity index (χ1) is 9.10. The van der Waals surface area contributed by atoms with Crippen LogP contribution in [0.3, 0.4) is 0 Å². The summed E-state index contributed by atoms with van der Waals surface area (Å²) in [5.74, 6) is -2.57. The van der Waals surface area contributed by atoms with Crippen LogP contribution in [0.1, 0.15) is 25.8 Å². The third-order valence-electron chi connectivity index (χ3n) is 2.66. The largest absolute Gasteiger partial charge is 0.465 e. The monoisotopic (exact) mass is 213 g/mol. The third kappa shape index (κ3) is 1.89. The predicted octanol–water partition coefficient (Wildman–Crippen LogP) is 1.16. The Kier molecular flexibility index (Phi) is 1.53. The second kappa shape index (κ2) is 4.04. The first-order valence-corrected chi connectivity index (χ1v) is 4.78. The van der Waals surface area contributed by atoms with Crippen molar-refractivity contribution in [2.75, 3.05) is 6.56 Å². The Hall–Kier alpha value is -1.32. The van der Waals surface area contributed by atoms with Gasteiger partial charge in [0.05, 0.1) is 21.5 Å². The molecule has 0 radical (unpaired) electrons. The van der Waals surface area contributed by atoms with E-state index < -0.39 is 31.2 Å². The summed E-state index contributed by atoms with van der Waals surface area (Å²) in [6, 6.07) is 0. The quantitative estimate of drug-likeness (QED) is 0.708. The number of ether oxygens (including phenoxy) is 1. The Morgan fingerprint density at radius 2 is 2.73 bits per heavy atom. The third-order valence-corrected chi connectivity index (χ3v) is 2.66. The summed E-state index contributed by atoms with van der Waals surface area (Å²) in [4.78, 5) is 15.7. The SMILES string of the molecule is [2H]C([2H])([2H])C[C@@H]1C(=O)OC([2H])([2H])[C@@H]1Cc1cncn1C. The molecule has 0 unspecified atom stereocenters. The molecule has 2 atom stereocenters. The zero-order chi connectivity index (χ0) is 15.1. The van der Waals surface area contributed by atoms with E-state index in [1.165, 1.54) is 0 Å². The highest BCUT2D eigenvalue weighted by Crippen LogP contribution is 2.27. The highest BCUT2D eigenvalue weighted by molar-refractivity contribution is 5.74. The van der Waals surface area contributed by atoms with Gasteiger partial charge in [-0.1, -0.05) is 6.85 Å². The van der Waals surface area contributed by atoms with Crippen molar-refractivity contribution in [3.8, 4) is 0 Å². The average Bonchev–Trinajstić information content (AvgIpc) is 2.74. The van der Waals surface area contributed by atoms with E-state index in [1.54, 1.807) is 24.1 Å². The molecule has 1 aromatic heterocycles. The lowest BCUT2D eigenvalue weighted by Crippen LogP contribution is -2.18. The molecule has 2 heterocycles. The van der Waals surface area contributed by atoms with Crippen LogP contribution in [0, 0.1) is 11.8 Å². The van der Waals surface area contributed by atoms with Crippen LogP contribution in [0.25, 0.3) is 0 Å². The number of carbonyl (C=O) groups is 1. The molecule has 0 spiro atoms. The molecule has 1 fully saturated rings. The first-order valence-electron chi connectivity index (χ1n) is 7.28. The van der Waals surface area contributed by atoms with E-state index in [4.69, 9.17) is 11.6 Å². The lowest BCUT2D eigenvalue weighted by Gasteiger charge is -2.12. The van der Waals surface area contributed by atoms with Crippen LogP contribution in [0.2, 0.25) is 0 Å². The number of aromatic nitrogens is 2. The van der Waals surface area contributed by atoms with E-state index >= 15 is 0 Å². The van der Waals surface area contributed by atoms with Crippen molar-refractivity contribution in [3.05, 3.63) is 18.2 Å². The van der Waals surface area contributed by atoms with E-state index in [-0.39, 0.29) is 12.8 Å². The van der Waals surface area contributed by atoms with Gasteiger partial charge in [-0.3, -0.25) is 4.79 Å². The van der Waals surface area contributed by atoms with Crippen molar-refractivity contribution in [3.63, 3.8) is 0 Å². The number of nitrogens with zero attached hydrogens (tertiary/aromatic N) is 2. The predicted molar refractivity (Wildman–Crippen MR) is 55.1 cm³/mol. The van der Waals surface area contributed by atoms with Gasteiger partial charge in [0, 0.05) is 29.0 Å². The molecule has 1 aliphatic rings. The molecule has 0 aliphatic carbocycles. The Morgan fingerprint density at radius 1 is 1.87 bits per heavy atom. The average molecular weight is 213 g/mol. The molecule has 1 aliphatic heterocycles. The van der Waals surface area contributed by atoms with Crippen LogP contribution in [0.15, 0.2) is 12.5 Å². The minimum atomic E-state index is -2.30. The van der Waals surface area contributed by atoms with E-state index in [1.807, 2.05) is 0 Å². The molecule has 82 valence electrons. The highest BCUT2D eigenvalue weighted by atomic mass is 16.5. The standard InChI is InChI=1S/C11H16N2O2/c1-3-10-8(6-15-11(10)14)4-9-5-12-7-13(9)2/h5,7-8,10H,3-4,6H2,1-2H3/t8-,10-/m0/s1/i1D3,6D2. The molecular weight excluding hydrogens is 192 g/mol. The smallest absolute Gasteiger partial charge is 0.309 e. The van der Waals surface area contributed by atoms with Crippen molar-refractivity contribution < 1.29 is 16.4 Å². The maximum Gasteiger partial charge on any atom is 0.309 e. The molecule has 15 heavy (non-hydrogen) atoms. The Bertz CT molecular complexity index is 511. The summed E-state index contributed by atoms with van der Waals surface area (Å²) in [5.41, 5.74) is 0.729. The van der Waals surface area contributed by atoms with E-state index in [0.29, 0.717) is 0 Å². The Balaban J connectivity index is 2.25. The fourth-order valence-electron chi connectivity index (χ4n) is 1.67. The number of imidazole rings is 1. The fraction of sp³-hybridized carbons (Fsp3) is 0.636. The van der Waals surface area contributed by atoms with E-state index in [2.05, 4.69) is 4.98 Å². The van der Waals surface area contributed by atoms with Crippen molar-refractivity contribution in [1.82, 2.24) is 9.55 Å². The second-order valence-corrected chi connectivity index (χ2v) is 3.66. The zero-order valence-corrected chi connectivity index (χ0v) is 8.43. The molecule has 1 saturated heterocycles. The number of esters is 1. The van der Waals surface area contributed by atoms with Crippen molar-refractivity contribution in [1.29, 1.82) is 0 Å². The Labute approximate surface area is 96.3 Å². The maximum absolute atomic E-state index is 11.8. The molecular formula is C11H16N2O2. The number of aryl methyl sites for hydroxylation is 1. The van der Waals surface area contributed by atoms with Gasteiger partial charge in [0.15, 0.2) is 0 Å². The van der Waals surface area contributed by atoms with Gasteiger partial charge in [-0.15, -0.1) is 0 Å². The molecule has 2 rings (SSSR count). The molecule has 1 aromatic rings. The molecule has 0 saturated carbocycles. The van der Waals surface area contributed by atoms with Gasteiger partial charge in [0.1, 0.15) is 0 Å². The van der Waals surface area contributed by atoms with Crippen LogP contribution in [-0.4, -0.2) is 22.1 Å². The molecule has 0 bridgehead atoms. The molecule has 4 nitrogen and oxygen atoms in total. The number of rotatable bonds is 3. The summed E-state index contributed by atoms with van der Waals surface area (Å²) in [6.45, 7) is -4.45. The minimum absolute atomic E-state index is 0.204. The van der Waals surface area contributed by atoms with Gasteiger partial charge in [-0.05, 0) is 12.8 Å². The van der Waals surface area contributed by atoms with Crippen LogP contribution < -0.4 is 0 Å². The van der Waals surface area contributed by atoms with Gasteiger partial charge in [-0.2, -0.15) is 0 Å². The van der Waals surface area contributed by atoms with Crippen LogP contribution in [0.4, 0.5) is 0 Å². The molecule has 4 heteroatoms. The number of hydrogen-bond donors (Lipinski definition) is 0. The van der Waals surface area contributed by atoms with Gasteiger partial charge in [0.2, 0.25) is 0 Å². The normalized spacial score (nSPS) is 34.7. The summed E-state index contributed by atoms with van der Waals surface area (Å²) in [5, 5.41) is 0. The van der Waals surface area contributed by atoms with E-state index in [0.717, 1.165) is 5.69 Å². The molecule has 0 amide bonds. The summed E-state index contributed by atoms with van der Waals surface area (Å²) < 4.78 is 43.9. The minimum Gasteiger partial charge on any atom is -0.465 e. The first kappa shape index (κ1) is 5.68. The van der Waals surface area contributed by atoms with Gasteiger partial charge in [0.25, 0.3) is 0 Å². The zero-order valence-electron chi connectivity index (χ0n) is 13.4. The number of carbonyl (C=O) groups excluding carboxylic acids is 1. The highest BCUT2D eigenvalue weighted by Gasteiger charge is 2.35. The maximum atomic E-state index is 11.8. The van der Waals surface area contributed by atoms with E-state index in [9.17, 15) is 4.79 Å². The number of cyclic esters (lactones) is 1. The fourth-order valence-corrected chi connectivity index (χ4v) is 1.67. The number of hydrogen-bond acceptors (Lipinski definition) is 3. The summed E-state index contributed by atoms with van der Waals surface area (Å²) in [7, 11) is 1.76. The van der Waals surface area contributed by atoms with Gasteiger partial charge in [-0.25, -0.2) is 4.98 Å². The topological polar surface area (TPSA) is 44.1 Å².